The Morgan fingerprint density at radius 1 is 1.20 bits per heavy atom. The number of ether oxygens (including phenoxy) is 1. The molecule has 0 radical (unpaired) electrons. The van der Waals surface area contributed by atoms with Crippen LogP contribution in [-0.4, -0.2) is 84.8 Å². The minimum absolute atomic E-state index is 0.132. The number of carbonyl (C=O) groups is 2. The molecule has 0 unspecified atom stereocenters. The molecule has 1 aromatic carbocycles. The van der Waals surface area contributed by atoms with Crippen molar-refractivity contribution in [2.75, 3.05) is 31.9 Å². The van der Waals surface area contributed by atoms with E-state index in [4.69, 9.17) is 4.74 Å². The highest BCUT2D eigenvalue weighted by Crippen LogP contribution is 2.40. The van der Waals surface area contributed by atoms with Crippen molar-refractivity contribution >= 4 is 23.6 Å². The first-order chi connectivity index (χ1) is 17.1. The van der Waals surface area contributed by atoms with Crippen LogP contribution in [0.5, 0.6) is 0 Å². The summed E-state index contributed by atoms with van der Waals surface area (Å²) in [5.74, 6) is 1.51. The summed E-state index contributed by atoms with van der Waals surface area (Å²) in [6, 6.07) is 8.08. The van der Waals surface area contributed by atoms with E-state index in [1.54, 1.807) is 6.20 Å². The largest absolute Gasteiger partial charge is 0.457 e. The van der Waals surface area contributed by atoms with E-state index in [2.05, 4.69) is 38.4 Å². The number of cyclic esters (lactones) is 1. The number of amides is 1. The monoisotopic (exact) mass is 491 g/mol. The number of thioether (sulfide) groups is 1. The number of nitrogens with zero attached hydrogens (tertiary/aromatic N) is 7. The number of piperazine rings is 1. The number of esters is 1. The van der Waals surface area contributed by atoms with Crippen molar-refractivity contribution in [1.29, 1.82) is 0 Å². The van der Waals surface area contributed by atoms with Crippen LogP contribution in [0, 0.1) is 6.92 Å². The molecule has 0 aliphatic carbocycles. The second-order valence-corrected chi connectivity index (χ2v) is 10.4. The fraction of sp³-hybridized carbons (Fsp3) is 0.417. The summed E-state index contributed by atoms with van der Waals surface area (Å²) in [7, 11) is 0. The molecule has 3 aliphatic rings. The normalized spacial score (nSPS) is 22.0. The van der Waals surface area contributed by atoms with E-state index in [-0.39, 0.29) is 11.9 Å². The van der Waals surface area contributed by atoms with Crippen molar-refractivity contribution in [1.82, 2.24) is 35.0 Å². The van der Waals surface area contributed by atoms with Gasteiger partial charge in [0.1, 0.15) is 12.9 Å². The number of hydrogen-bond acceptors (Lipinski definition) is 9. The molecule has 0 bridgehead atoms. The lowest BCUT2D eigenvalue weighted by Crippen LogP contribution is -2.58. The van der Waals surface area contributed by atoms with Crippen LogP contribution >= 0.6 is 11.8 Å². The second-order valence-electron chi connectivity index (χ2n) is 9.15. The van der Waals surface area contributed by atoms with Crippen LogP contribution in [0.3, 0.4) is 0 Å². The standard InChI is InChI=1S/C24H25N7O3S/c1-15-18(3-4-19-20(15)12-34-24(19)33)21-11-29-6-7-30(10-17(29)13-35-21)23(32)8-16-2-5-22(25-9-16)31-14-26-27-28-31/h2-5,9,14,17,21H,6-8,10-13H2,1H3/t17-,21+/m0/s1. The SMILES string of the molecule is Cc1c([C@H]2CN3CCN(C(=O)Cc4ccc(-n5cnnn5)nc4)C[C@H]3CS2)ccc2c1COC2=O. The maximum Gasteiger partial charge on any atom is 0.338 e. The minimum atomic E-state index is -0.217. The van der Waals surface area contributed by atoms with Gasteiger partial charge in [0.2, 0.25) is 5.91 Å². The highest BCUT2D eigenvalue weighted by molar-refractivity contribution is 7.99. The number of hydrogen-bond donors (Lipinski definition) is 0. The number of aromatic nitrogens is 5. The summed E-state index contributed by atoms with van der Waals surface area (Å²) < 4.78 is 6.71. The van der Waals surface area contributed by atoms with Gasteiger partial charge in [0.25, 0.3) is 0 Å². The average molecular weight is 492 g/mol. The number of pyridine rings is 1. The van der Waals surface area contributed by atoms with E-state index in [1.807, 2.05) is 34.9 Å². The van der Waals surface area contributed by atoms with Gasteiger partial charge in [0.15, 0.2) is 5.82 Å². The fourth-order valence-electron chi connectivity index (χ4n) is 5.12. The zero-order valence-corrected chi connectivity index (χ0v) is 20.1. The molecular weight excluding hydrogens is 466 g/mol. The Kier molecular flexibility index (Phi) is 5.73. The first kappa shape index (κ1) is 22.2. The Hall–Kier alpha value is -3.31. The van der Waals surface area contributed by atoms with Crippen molar-refractivity contribution in [2.45, 2.75) is 31.2 Å². The Morgan fingerprint density at radius 3 is 2.91 bits per heavy atom. The molecule has 2 atom stereocenters. The Balaban J connectivity index is 1.07. The van der Waals surface area contributed by atoms with E-state index >= 15 is 0 Å². The predicted molar refractivity (Wildman–Crippen MR) is 128 cm³/mol. The van der Waals surface area contributed by atoms with Gasteiger partial charge in [-0.3, -0.25) is 9.69 Å². The number of benzene rings is 1. The van der Waals surface area contributed by atoms with Crippen LogP contribution in [0.15, 0.2) is 36.8 Å². The molecule has 11 heteroatoms. The lowest BCUT2D eigenvalue weighted by Gasteiger charge is -2.46. The molecule has 10 nitrogen and oxygen atoms in total. The van der Waals surface area contributed by atoms with E-state index < -0.39 is 0 Å². The minimum Gasteiger partial charge on any atom is -0.457 e. The van der Waals surface area contributed by atoms with Gasteiger partial charge in [-0.25, -0.2) is 9.78 Å². The first-order valence-corrected chi connectivity index (χ1v) is 12.7. The predicted octanol–water partition coefficient (Wildman–Crippen LogP) is 1.58. The first-order valence-electron chi connectivity index (χ1n) is 11.7. The molecule has 180 valence electrons. The highest BCUT2D eigenvalue weighted by Gasteiger charge is 2.36. The lowest BCUT2D eigenvalue weighted by molar-refractivity contribution is -0.133. The zero-order chi connectivity index (χ0) is 23.9. The molecule has 5 heterocycles. The Labute approximate surface area is 206 Å². The molecular formula is C24H25N7O3S. The van der Waals surface area contributed by atoms with Crippen LogP contribution in [0.25, 0.3) is 5.82 Å². The third kappa shape index (κ3) is 4.19. The quantitative estimate of drug-likeness (QED) is 0.503. The molecule has 2 fully saturated rings. The molecule has 35 heavy (non-hydrogen) atoms. The van der Waals surface area contributed by atoms with Crippen LogP contribution in [-0.2, 0) is 22.6 Å². The molecule has 3 aliphatic heterocycles. The van der Waals surface area contributed by atoms with Gasteiger partial charge in [0.05, 0.1) is 12.0 Å². The molecule has 3 aromatic rings. The smallest absolute Gasteiger partial charge is 0.338 e. The number of fused-ring (bicyclic) bond motifs is 2. The average Bonchev–Trinajstić information content (AvgIpc) is 3.55. The Bertz CT molecular complexity index is 1260. The highest BCUT2D eigenvalue weighted by atomic mass is 32.2. The van der Waals surface area contributed by atoms with Gasteiger partial charge < -0.3 is 9.64 Å². The number of tetrazole rings is 1. The maximum absolute atomic E-state index is 13.0. The topological polar surface area (TPSA) is 106 Å². The molecule has 2 saturated heterocycles. The van der Waals surface area contributed by atoms with Crippen LogP contribution in [0.4, 0.5) is 0 Å². The van der Waals surface area contributed by atoms with Crippen LogP contribution in [0.2, 0.25) is 0 Å². The summed E-state index contributed by atoms with van der Waals surface area (Å²) in [5, 5.41) is 11.4. The molecule has 2 aromatic heterocycles. The van der Waals surface area contributed by atoms with E-state index in [0.29, 0.717) is 35.7 Å². The van der Waals surface area contributed by atoms with Crippen molar-refractivity contribution in [3.05, 3.63) is 64.6 Å². The summed E-state index contributed by atoms with van der Waals surface area (Å²) in [6.07, 6.45) is 3.53. The lowest BCUT2D eigenvalue weighted by atomic mass is 9.96. The Morgan fingerprint density at radius 2 is 2.11 bits per heavy atom. The van der Waals surface area contributed by atoms with Gasteiger partial charge in [-0.2, -0.15) is 16.4 Å². The molecule has 0 saturated carbocycles. The molecule has 1 amide bonds. The second kappa shape index (κ2) is 9.04. The summed E-state index contributed by atoms with van der Waals surface area (Å²) in [5.41, 5.74) is 5.09. The van der Waals surface area contributed by atoms with Gasteiger partial charge in [-0.05, 0) is 46.2 Å². The maximum atomic E-state index is 13.0. The van der Waals surface area contributed by atoms with Crippen LogP contribution in [0.1, 0.15) is 37.9 Å². The van der Waals surface area contributed by atoms with Crippen molar-refractivity contribution in [3.63, 3.8) is 0 Å². The van der Waals surface area contributed by atoms with Crippen molar-refractivity contribution < 1.29 is 14.3 Å². The molecule has 6 rings (SSSR count). The third-order valence-electron chi connectivity index (χ3n) is 7.15. The number of rotatable bonds is 4. The van der Waals surface area contributed by atoms with Gasteiger partial charge in [-0.15, -0.1) is 5.10 Å². The summed E-state index contributed by atoms with van der Waals surface area (Å²) >= 11 is 1.95. The third-order valence-corrected chi connectivity index (χ3v) is 8.53. The zero-order valence-electron chi connectivity index (χ0n) is 19.3. The van der Waals surface area contributed by atoms with Gasteiger partial charge in [0, 0.05) is 55.0 Å². The molecule has 0 N–H and O–H groups in total. The summed E-state index contributed by atoms with van der Waals surface area (Å²) in [6.45, 7) is 5.78. The van der Waals surface area contributed by atoms with E-state index in [9.17, 15) is 9.59 Å². The van der Waals surface area contributed by atoms with Gasteiger partial charge in [-0.1, -0.05) is 12.1 Å². The molecule has 0 spiro atoms. The summed E-state index contributed by atoms with van der Waals surface area (Å²) in [4.78, 5) is 33.8. The van der Waals surface area contributed by atoms with Gasteiger partial charge >= 0.3 is 5.97 Å². The van der Waals surface area contributed by atoms with E-state index in [0.717, 1.165) is 43.1 Å². The van der Waals surface area contributed by atoms with E-state index in [1.165, 1.54) is 22.1 Å². The van der Waals surface area contributed by atoms with Crippen LogP contribution < -0.4 is 0 Å². The fourth-order valence-corrected chi connectivity index (χ4v) is 6.63. The number of carbonyl (C=O) groups excluding carboxylic acids is 2. The van der Waals surface area contributed by atoms with Crippen molar-refractivity contribution in [3.8, 4) is 5.82 Å². The van der Waals surface area contributed by atoms with Crippen molar-refractivity contribution in [2.24, 2.45) is 0 Å².